The molecule has 0 bridgehead atoms. The summed E-state index contributed by atoms with van der Waals surface area (Å²) < 4.78 is 12.8. The SMILES string of the molecule is COc1ccc(/C=N\NC(=O)c2ccccc2-n2cccc2)cc1Oc1ccc([N+](=O)[O-])cc1[N+](=O)[O-]. The van der Waals surface area contributed by atoms with Crippen molar-refractivity contribution >= 4 is 23.5 Å². The number of nitro groups is 2. The van der Waals surface area contributed by atoms with E-state index in [1.54, 1.807) is 24.3 Å². The van der Waals surface area contributed by atoms with Gasteiger partial charge in [-0.1, -0.05) is 12.1 Å². The molecule has 0 radical (unpaired) electrons. The Morgan fingerprint density at radius 2 is 1.65 bits per heavy atom. The number of hydrazone groups is 1. The highest BCUT2D eigenvalue weighted by Crippen LogP contribution is 2.38. The van der Waals surface area contributed by atoms with Gasteiger partial charge in [0.05, 0.1) is 40.5 Å². The summed E-state index contributed by atoms with van der Waals surface area (Å²) in [5, 5.41) is 26.4. The van der Waals surface area contributed by atoms with Gasteiger partial charge in [-0.2, -0.15) is 5.10 Å². The van der Waals surface area contributed by atoms with Crippen LogP contribution in [0.4, 0.5) is 11.4 Å². The third-order valence-corrected chi connectivity index (χ3v) is 5.17. The number of para-hydroxylation sites is 1. The van der Waals surface area contributed by atoms with Crippen LogP contribution in [-0.4, -0.2) is 33.6 Å². The summed E-state index contributed by atoms with van der Waals surface area (Å²) in [7, 11) is 1.39. The number of carbonyl (C=O) groups excluding carboxylic acids is 1. The fourth-order valence-corrected chi connectivity index (χ4v) is 3.43. The van der Waals surface area contributed by atoms with Crippen molar-refractivity contribution in [1.29, 1.82) is 0 Å². The molecule has 186 valence electrons. The first kappa shape index (κ1) is 24.6. The number of aromatic nitrogens is 1. The van der Waals surface area contributed by atoms with Crippen molar-refractivity contribution in [2.45, 2.75) is 0 Å². The number of nitrogens with one attached hydrogen (secondary N) is 1. The lowest BCUT2D eigenvalue weighted by molar-refractivity contribution is -0.394. The molecule has 1 N–H and O–H groups in total. The minimum atomic E-state index is -0.777. The van der Waals surface area contributed by atoms with Gasteiger partial charge in [0.1, 0.15) is 0 Å². The molecule has 12 nitrogen and oxygen atoms in total. The van der Waals surface area contributed by atoms with Crippen LogP contribution in [0.25, 0.3) is 5.69 Å². The molecule has 0 saturated heterocycles. The first-order valence-corrected chi connectivity index (χ1v) is 10.7. The Balaban J connectivity index is 1.55. The molecule has 1 amide bonds. The van der Waals surface area contributed by atoms with Crippen LogP contribution in [0.3, 0.4) is 0 Å². The van der Waals surface area contributed by atoms with Crippen LogP contribution in [0, 0.1) is 20.2 Å². The summed E-state index contributed by atoms with van der Waals surface area (Å²) in [6.45, 7) is 0. The molecule has 3 aromatic carbocycles. The number of methoxy groups -OCH3 is 1. The smallest absolute Gasteiger partial charge is 0.318 e. The predicted octanol–water partition coefficient (Wildman–Crippen LogP) is 4.86. The number of amides is 1. The van der Waals surface area contributed by atoms with Gasteiger partial charge in [-0.15, -0.1) is 0 Å². The zero-order valence-electron chi connectivity index (χ0n) is 19.3. The van der Waals surface area contributed by atoms with E-state index in [0.717, 1.165) is 18.2 Å². The number of carbonyl (C=O) groups is 1. The number of nitro benzene ring substituents is 2. The van der Waals surface area contributed by atoms with E-state index in [2.05, 4.69) is 10.5 Å². The van der Waals surface area contributed by atoms with Gasteiger partial charge in [-0.3, -0.25) is 25.0 Å². The van der Waals surface area contributed by atoms with E-state index in [1.165, 1.54) is 19.4 Å². The summed E-state index contributed by atoms with van der Waals surface area (Å²) >= 11 is 0. The Kier molecular flexibility index (Phi) is 7.19. The zero-order valence-corrected chi connectivity index (χ0v) is 19.3. The van der Waals surface area contributed by atoms with E-state index in [-0.39, 0.29) is 17.2 Å². The van der Waals surface area contributed by atoms with Crippen molar-refractivity contribution in [2.24, 2.45) is 5.10 Å². The Hall–Kier alpha value is -5.52. The lowest BCUT2D eigenvalue weighted by Gasteiger charge is -2.11. The van der Waals surface area contributed by atoms with Crippen LogP contribution >= 0.6 is 0 Å². The third-order valence-electron chi connectivity index (χ3n) is 5.17. The summed E-state index contributed by atoms with van der Waals surface area (Å²) in [6, 6.07) is 18.5. The number of nitrogens with zero attached hydrogens (tertiary/aromatic N) is 4. The number of benzene rings is 3. The van der Waals surface area contributed by atoms with E-state index in [0.29, 0.717) is 16.8 Å². The summed E-state index contributed by atoms with van der Waals surface area (Å²) in [5.41, 5.74) is 3.04. The van der Waals surface area contributed by atoms with Crippen molar-refractivity contribution in [3.63, 3.8) is 0 Å². The summed E-state index contributed by atoms with van der Waals surface area (Å²) in [5.74, 6) is -0.271. The Morgan fingerprint density at radius 1 is 0.919 bits per heavy atom. The van der Waals surface area contributed by atoms with Crippen LogP contribution in [0.2, 0.25) is 0 Å². The van der Waals surface area contributed by atoms with Gasteiger partial charge in [0.25, 0.3) is 11.6 Å². The molecular weight excluding hydrogens is 482 g/mol. The van der Waals surface area contributed by atoms with E-state index in [9.17, 15) is 25.0 Å². The topological polar surface area (TPSA) is 151 Å². The Labute approximate surface area is 209 Å². The van der Waals surface area contributed by atoms with Crippen LogP contribution in [0.5, 0.6) is 17.2 Å². The number of rotatable bonds is 9. The molecule has 0 saturated carbocycles. The van der Waals surface area contributed by atoms with Crippen LogP contribution < -0.4 is 14.9 Å². The van der Waals surface area contributed by atoms with Gasteiger partial charge in [0.2, 0.25) is 5.75 Å². The molecule has 0 aliphatic carbocycles. The largest absolute Gasteiger partial charge is 0.493 e. The van der Waals surface area contributed by atoms with Gasteiger partial charge < -0.3 is 14.0 Å². The summed E-state index contributed by atoms with van der Waals surface area (Å²) in [4.78, 5) is 33.7. The number of hydrogen-bond donors (Lipinski definition) is 1. The zero-order chi connectivity index (χ0) is 26.4. The number of non-ortho nitro benzene ring substituents is 1. The molecule has 0 unspecified atom stereocenters. The fourth-order valence-electron chi connectivity index (χ4n) is 3.43. The second kappa shape index (κ2) is 10.8. The van der Waals surface area contributed by atoms with E-state index >= 15 is 0 Å². The van der Waals surface area contributed by atoms with Gasteiger partial charge >= 0.3 is 5.69 Å². The van der Waals surface area contributed by atoms with Gasteiger partial charge in [-0.25, -0.2) is 5.43 Å². The molecule has 0 aliphatic heterocycles. The summed E-state index contributed by atoms with van der Waals surface area (Å²) in [6.07, 6.45) is 5.01. The third kappa shape index (κ3) is 5.59. The lowest BCUT2D eigenvalue weighted by Crippen LogP contribution is -2.19. The van der Waals surface area contributed by atoms with Crippen molar-refractivity contribution in [3.8, 4) is 22.9 Å². The van der Waals surface area contributed by atoms with E-state index in [1.807, 2.05) is 41.2 Å². The standard InChI is InChI=1S/C25H19N5O7/c1-36-23-10-8-17(14-24(23)37-22-11-9-18(29(32)33)15-21(22)30(34)35)16-26-27-25(31)19-6-2-3-7-20(19)28-12-4-5-13-28/h2-16H,1H3,(H,27,31)/b26-16-. The van der Waals surface area contributed by atoms with Crippen molar-refractivity contribution in [1.82, 2.24) is 9.99 Å². The maximum Gasteiger partial charge on any atom is 0.318 e. The van der Waals surface area contributed by atoms with Crippen molar-refractivity contribution in [3.05, 3.63) is 117 Å². The minimum absolute atomic E-state index is 0.104. The average molecular weight is 501 g/mol. The molecule has 0 aliphatic rings. The number of hydrogen-bond acceptors (Lipinski definition) is 8. The highest BCUT2D eigenvalue weighted by Gasteiger charge is 2.22. The van der Waals surface area contributed by atoms with Gasteiger partial charge in [-0.05, 0) is 54.1 Å². The van der Waals surface area contributed by atoms with E-state index < -0.39 is 27.1 Å². The molecule has 0 atom stereocenters. The quantitative estimate of drug-likeness (QED) is 0.195. The minimum Gasteiger partial charge on any atom is -0.493 e. The normalized spacial score (nSPS) is 10.7. The van der Waals surface area contributed by atoms with Crippen molar-refractivity contribution < 1.29 is 24.1 Å². The van der Waals surface area contributed by atoms with Crippen LogP contribution in [0.15, 0.2) is 90.3 Å². The predicted molar refractivity (Wildman–Crippen MR) is 134 cm³/mol. The van der Waals surface area contributed by atoms with Gasteiger partial charge in [0.15, 0.2) is 11.5 Å². The van der Waals surface area contributed by atoms with Gasteiger partial charge in [0, 0.05) is 18.5 Å². The average Bonchev–Trinajstić information content (AvgIpc) is 3.44. The maximum atomic E-state index is 12.7. The molecule has 37 heavy (non-hydrogen) atoms. The first-order chi connectivity index (χ1) is 17.9. The molecule has 12 heteroatoms. The Morgan fingerprint density at radius 3 is 2.35 bits per heavy atom. The maximum absolute atomic E-state index is 12.7. The fraction of sp³-hybridized carbons (Fsp3) is 0.0400. The van der Waals surface area contributed by atoms with Crippen LogP contribution in [0.1, 0.15) is 15.9 Å². The molecule has 1 aromatic heterocycles. The second-order valence-electron chi connectivity index (χ2n) is 7.49. The molecule has 4 rings (SSSR count). The molecular formula is C25H19N5O7. The highest BCUT2D eigenvalue weighted by atomic mass is 16.6. The van der Waals surface area contributed by atoms with Crippen LogP contribution in [-0.2, 0) is 0 Å². The monoisotopic (exact) mass is 501 g/mol. The molecule has 1 heterocycles. The molecule has 4 aromatic rings. The second-order valence-corrected chi connectivity index (χ2v) is 7.49. The van der Waals surface area contributed by atoms with E-state index in [4.69, 9.17) is 9.47 Å². The Bertz CT molecular complexity index is 1500. The first-order valence-electron chi connectivity index (χ1n) is 10.7. The molecule has 0 fully saturated rings. The number of ether oxygens (including phenoxy) is 2. The lowest BCUT2D eigenvalue weighted by atomic mass is 10.1. The highest BCUT2D eigenvalue weighted by molar-refractivity contribution is 5.98. The molecule has 0 spiro atoms. The van der Waals surface area contributed by atoms with Crippen molar-refractivity contribution in [2.75, 3.05) is 7.11 Å².